The van der Waals surface area contributed by atoms with Gasteiger partial charge in [0.2, 0.25) is 0 Å². The molecule has 2 nitrogen and oxygen atoms in total. The van der Waals surface area contributed by atoms with Crippen molar-refractivity contribution in [1.82, 2.24) is 0 Å². The second-order valence-corrected chi connectivity index (χ2v) is 6.06. The third kappa shape index (κ3) is 4.25. The lowest BCUT2D eigenvalue weighted by Gasteiger charge is -2.10. The molecule has 0 radical (unpaired) electrons. The number of aryl methyl sites for hydroxylation is 1. The summed E-state index contributed by atoms with van der Waals surface area (Å²) in [5.41, 5.74) is 1.91. The van der Waals surface area contributed by atoms with Crippen LogP contribution in [0.5, 0.6) is 11.5 Å². The highest BCUT2D eigenvalue weighted by Gasteiger charge is 2.11. The summed E-state index contributed by atoms with van der Waals surface area (Å²) in [4.78, 5) is 0. The van der Waals surface area contributed by atoms with Crippen molar-refractivity contribution in [3.63, 3.8) is 0 Å². The molecule has 0 bridgehead atoms. The predicted molar refractivity (Wildman–Crippen MR) is 98.4 cm³/mol. The van der Waals surface area contributed by atoms with Crippen LogP contribution in [0.1, 0.15) is 18.1 Å². The van der Waals surface area contributed by atoms with E-state index in [1.54, 1.807) is 43.3 Å². The number of halogens is 3. The molecule has 0 unspecified atom stereocenters. The minimum atomic E-state index is -0.892. The van der Waals surface area contributed by atoms with E-state index in [1.807, 2.05) is 0 Å². The van der Waals surface area contributed by atoms with E-state index < -0.39 is 17.5 Å². The molecule has 0 aromatic heterocycles. The molecule has 0 fully saturated rings. The lowest BCUT2D eigenvalue weighted by atomic mass is 10.1. The van der Waals surface area contributed by atoms with Crippen LogP contribution >= 0.6 is 0 Å². The van der Waals surface area contributed by atoms with Gasteiger partial charge in [-0.25, -0.2) is 13.2 Å². The smallest absolute Gasteiger partial charge is 0.165 e. The molecule has 140 valence electrons. The van der Waals surface area contributed by atoms with Crippen LogP contribution < -0.4 is 9.47 Å². The first kappa shape index (κ1) is 18.8. The first-order valence-corrected chi connectivity index (χ1v) is 8.58. The van der Waals surface area contributed by atoms with Crippen LogP contribution in [0.15, 0.2) is 54.6 Å². The Hall–Kier alpha value is -2.95. The summed E-state index contributed by atoms with van der Waals surface area (Å²) < 4.78 is 52.2. The van der Waals surface area contributed by atoms with Crippen LogP contribution in [0.25, 0.3) is 11.1 Å². The van der Waals surface area contributed by atoms with Gasteiger partial charge in [0, 0.05) is 5.56 Å². The van der Waals surface area contributed by atoms with Gasteiger partial charge in [0.05, 0.1) is 6.61 Å². The quantitative estimate of drug-likeness (QED) is 0.524. The molecule has 3 aromatic rings. The Morgan fingerprint density at radius 1 is 0.778 bits per heavy atom. The third-order valence-corrected chi connectivity index (χ3v) is 4.17. The molecule has 3 rings (SSSR count). The van der Waals surface area contributed by atoms with Crippen molar-refractivity contribution in [3.8, 4) is 22.6 Å². The molecule has 0 heterocycles. The SMILES string of the molecule is CCOc1ccc(-c2ccc(OCc3ccc(C)c(F)c3F)cc2)cc1F. The maximum Gasteiger partial charge on any atom is 0.165 e. The zero-order valence-electron chi connectivity index (χ0n) is 15.1. The number of hydrogen-bond donors (Lipinski definition) is 0. The van der Waals surface area contributed by atoms with Crippen LogP contribution in [0.3, 0.4) is 0 Å². The number of hydrogen-bond acceptors (Lipinski definition) is 2. The lowest BCUT2D eigenvalue weighted by Crippen LogP contribution is -2.02. The molecule has 3 aromatic carbocycles. The van der Waals surface area contributed by atoms with Crippen LogP contribution in [0.2, 0.25) is 0 Å². The molecule has 0 aliphatic heterocycles. The molecule has 27 heavy (non-hydrogen) atoms. The Morgan fingerprint density at radius 2 is 1.48 bits per heavy atom. The average Bonchev–Trinajstić information content (AvgIpc) is 2.68. The van der Waals surface area contributed by atoms with Crippen molar-refractivity contribution in [1.29, 1.82) is 0 Å². The van der Waals surface area contributed by atoms with E-state index in [0.717, 1.165) is 5.56 Å². The van der Waals surface area contributed by atoms with E-state index >= 15 is 0 Å². The van der Waals surface area contributed by atoms with Gasteiger partial charge in [-0.05, 0) is 54.8 Å². The van der Waals surface area contributed by atoms with E-state index in [4.69, 9.17) is 9.47 Å². The Morgan fingerprint density at radius 3 is 2.15 bits per heavy atom. The summed E-state index contributed by atoms with van der Waals surface area (Å²) in [6.07, 6.45) is 0. The normalized spacial score (nSPS) is 10.7. The van der Waals surface area contributed by atoms with Gasteiger partial charge in [-0.15, -0.1) is 0 Å². The summed E-state index contributed by atoms with van der Waals surface area (Å²) >= 11 is 0. The first-order valence-electron chi connectivity index (χ1n) is 8.58. The minimum absolute atomic E-state index is 0.0833. The molecule has 0 spiro atoms. The molecular weight excluding hydrogens is 353 g/mol. The molecule has 0 saturated carbocycles. The summed E-state index contributed by atoms with van der Waals surface area (Å²) in [5.74, 6) is -1.45. The maximum atomic E-state index is 14.0. The van der Waals surface area contributed by atoms with Crippen LogP contribution in [0, 0.1) is 24.4 Å². The summed E-state index contributed by atoms with van der Waals surface area (Å²) in [6.45, 7) is 3.61. The Bertz CT molecular complexity index is 937. The van der Waals surface area contributed by atoms with E-state index in [2.05, 4.69) is 0 Å². The van der Waals surface area contributed by atoms with Crippen LogP contribution in [-0.4, -0.2) is 6.61 Å². The van der Waals surface area contributed by atoms with Crippen molar-refractivity contribution in [2.75, 3.05) is 6.61 Å². The Labute approximate surface area is 156 Å². The van der Waals surface area contributed by atoms with E-state index in [-0.39, 0.29) is 23.5 Å². The fourth-order valence-electron chi connectivity index (χ4n) is 2.66. The average molecular weight is 372 g/mol. The highest BCUT2D eigenvalue weighted by atomic mass is 19.2. The van der Waals surface area contributed by atoms with Crippen molar-refractivity contribution in [2.24, 2.45) is 0 Å². The fourth-order valence-corrected chi connectivity index (χ4v) is 2.66. The van der Waals surface area contributed by atoms with Gasteiger partial charge in [0.15, 0.2) is 23.2 Å². The van der Waals surface area contributed by atoms with Crippen molar-refractivity contribution in [2.45, 2.75) is 20.5 Å². The van der Waals surface area contributed by atoms with Crippen molar-refractivity contribution < 1.29 is 22.6 Å². The number of benzene rings is 3. The van der Waals surface area contributed by atoms with E-state index in [9.17, 15) is 13.2 Å². The Balaban J connectivity index is 1.71. The second-order valence-electron chi connectivity index (χ2n) is 6.06. The van der Waals surface area contributed by atoms with Gasteiger partial charge >= 0.3 is 0 Å². The summed E-state index contributed by atoms with van der Waals surface area (Å²) in [7, 11) is 0. The lowest BCUT2D eigenvalue weighted by molar-refractivity contribution is 0.297. The zero-order chi connectivity index (χ0) is 19.4. The van der Waals surface area contributed by atoms with Crippen LogP contribution in [-0.2, 0) is 6.61 Å². The highest BCUT2D eigenvalue weighted by molar-refractivity contribution is 5.65. The molecular formula is C22H19F3O2. The highest BCUT2D eigenvalue weighted by Crippen LogP contribution is 2.27. The zero-order valence-corrected chi connectivity index (χ0v) is 15.1. The van der Waals surface area contributed by atoms with Crippen LogP contribution in [0.4, 0.5) is 13.2 Å². The minimum Gasteiger partial charge on any atom is -0.491 e. The third-order valence-electron chi connectivity index (χ3n) is 4.17. The van der Waals surface area contributed by atoms with Crippen molar-refractivity contribution >= 4 is 0 Å². The van der Waals surface area contributed by atoms with E-state index in [0.29, 0.717) is 17.9 Å². The topological polar surface area (TPSA) is 18.5 Å². The molecule has 0 saturated heterocycles. The second kappa shape index (κ2) is 8.16. The molecule has 0 N–H and O–H groups in total. The summed E-state index contributed by atoms with van der Waals surface area (Å²) in [6, 6.07) is 14.7. The van der Waals surface area contributed by atoms with E-state index in [1.165, 1.54) is 25.1 Å². The monoisotopic (exact) mass is 372 g/mol. The largest absolute Gasteiger partial charge is 0.491 e. The van der Waals surface area contributed by atoms with Gasteiger partial charge in [-0.1, -0.05) is 30.3 Å². The van der Waals surface area contributed by atoms with Gasteiger partial charge in [-0.3, -0.25) is 0 Å². The maximum absolute atomic E-state index is 14.0. The van der Waals surface area contributed by atoms with Gasteiger partial charge < -0.3 is 9.47 Å². The van der Waals surface area contributed by atoms with Gasteiger partial charge in [0.25, 0.3) is 0 Å². The summed E-state index contributed by atoms with van der Waals surface area (Å²) in [5, 5.41) is 0. The van der Waals surface area contributed by atoms with Gasteiger partial charge in [-0.2, -0.15) is 0 Å². The first-order chi connectivity index (χ1) is 13.0. The van der Waals surface area contributed by atoms with Crippen molar-refractivity contribution in [3.05, 3.63) is 83.2 Å². The standard InChI is InChI=1S/C22H19F3O2/c1-3-26-20-11-8-16(12-19(20)23)15-6-9-18(10-7-15)27-13-17-5-4-14(2)21(24)22(17)25/h4-12H,3,13H2,1-2H3. The number of rotatable bonds is 6. The number of ether oxygens (including phenoxy) is 2. The van der Waals surface area contributed by atoms with Gasteiger partial charge in [0.1, 0.15) is 12.4 Å². The molecule has 0 aliphatic rings. The molecule has 0 amide bonds. The molecule has 5 heteroatoms. The fraction of sp³-hybridized carbons (Fsp3) is 0.182. The predicted octanol–water partition coefficient (Wildman–Crippen LogP) is 6.06. The molecule has 0 aliphatic carbocycles. The molecule has 0 atom stereocenters. The Kier molecular flexibility index (Phi) is 5.69.